The van der Waals surface area contributed by atoms with E-state index in [0.717, 1.165) is 25.8 Å². The molecule has 2 amide bonds. The van der Waals surface area contributed by atoms with Crippen LogP contribution in [-0.4, -0.2) is 45.7 Å². The molecule has 1 aromatic heterocycles. The fourth-order valence-electron chi connectivity index (χ4n) is 3.11. The van der Waals surface area contributed by atoms with Gasteiger partial charge in [-0.2, -0.15) is 5.10 Å². The molecule has 0 bridgehead atoms. The lowest BCUT2D eigenvalue weighted by Gasteiger charge is -2.35. The minimum absolute atomic E-state index is 0.0543. The summed E-state index contributed by atoms with van der Waals surface area (Å²) < 4.78 is 7.43. The van der Waals surface area contributed by atoms with Crippen LogP contribution in [0.15, 0.2) is 42.7 Å². The molecule has 2 aromatic rings. The van der Waals surface area contributed by atoms with Gasteiger partial charge in [-0.05, 0) is 43.5 Å². The van der Waals surface area contributed by atoms with Crippen LogP contribution in [0.3, 0.4) is 0 Å². The van der Waals surface area contributed by atoms with E-state index in [1.165, 1.54) is 0 Å². The number of benzene rings is 1. The number of hydrogen-bond donors (Lipinski definition) is 1. The van der Waals surface area contributed by atoms with Crippen LogP contribution in [0.5, 0.6) is 5.75 Å². The topological polar surface area (TPSA) is 90.5 Å². The van der Waals surface area contributed by atoms with E-state index in [2.05, 4.69) is 5.10 Å². The van der Waals surface area contributed by atoms with Crippen molar-refractivity contribution in [1.29, 1.82) is 0 Å². The molecule has 1 atom stereocenters. The van der Waals surface area contributed by atoms with Gasteiger partial charge in [0.2, 0.25) is 5.91 Å². The molecule has 0 saturated carbocycles. The van der Waals surface area contributed by atoms with Crippen molar-refractivity contribution < 1.29 is 14.3 Å². The molecule has 0 radical (unpaired) electrons. The van der Waals surface area contributed by atoms with E-state index in [4.69, 9.17) is 10.5 Å². The molecule has 7 nitrogen and oxygen atoms in total. The molecule has 1 aliphatic heterocycles. The monoisotopic (exact) mass is 342 g/mol. The standard InChI is InChI=1S/C18H22N4O3/c19-18(24)14-5-3-7-16(11-14)25-13-17(23)22-10-2-1-6-15(22)12-21-9-4-8-20-21/h3-5,7-9,11,15H,1-2,6,10,12-13H2,(H2,19,24)/t15-/m1/s1. The third-order valence-electron chi connectivity index (χ3n) is 4.39. The summed E-state index contributed by atoms with van der Waals surface area (Å²) in [5.74, 6) is -0.112. The largest absolute Gasteiger partial charge is 0.484 e. The fourth-order valence-corrected chi connectivity index (χ4v) is 3.11. The van der Waals surface area contributed by atoms with Crippen LogP contribution in [0, 0.1) is 0 Å². The van der Waals surface area contributed by atoms with Crippen molar-refractivity contribution in [2.45, 2.75) is 31.8 Å². The Bertz CT molecular complexity index is 730. The minimum atomic E-state index is -0.521. The lowest BCUT2D eigenvalue weighted by molar-refractivity contribution is -0.137. The number of rotatable bonds is 6. The number of aromatic nitrogens is 2. The first-order chi connectivity index (χ1) is 12.1. The van der Waals surface area contributed by atoms with E-state index in [0.29, 0.717) is 17.9 Å². The predicted molar refractivity (Wildman–Crippen MR) is 92.0 cm³/mol. The first-order valence-electron chi connectivity index (χ1n) is 8.43. The van der Waals surface area contributed by atoms with Gasteiger partial charge in [0.1, 0.15) is 5.75 Å². The quantitative estimate of drug-likeness (QED) is 0.860. The summed E-state index contributed by atoms with van der Waals surface area (Å²) in [6, 6.07) is 8.55. The second-order valence-corrected chi connectivity index (χ2v) is 6.15. The maximum Gasteiger partial charge on any atom is 0.260 e. The number of carbonyl (C=O) groups excluding carboxylic acids is 2. The molecule has 0 aliphatic carbocycles. The molecule has 1 aliphatic rings. The molecule has 2 heterocycles. The van der Waals surface area contributed by atoms with Crippen molar-refractivity contribution in [2.75, 3.05) is 13.2 Å². The Balaban J connectivity index is 1.60. The summed E-state index contributed by atoms with van der Waals surface area (Å²) in [4.78, 5) is 25.7. The van der Waals surface area contributed by atoms with Crippen LogP contribution >= 0.6 is 0 Å². The van der Waals surface area contributed by atoms with Gasteiger partial charge in [-0.15, -0.1) is 0 Å². The van der Waals surface area contributed by atoms with Crippen LogP contribution in [0.25, 0.3) is 0 Å². The molecule has 0 unspecified atom stereocenters. The lowest BCUT2D eigenvalue weighted by Crippen LogP contribution is -2.47. The zero-order chi connectivity index (χ0) is 17.6. The smallest absolute Gasteiger partial charge is 0.260 e. The number of likely N-dealkylation sites (tertiary alicyclic amines) is 1. The van der Waals surface area contributed by atoms with Gasteiger partial charge in [-0.25, -0.2) is 0 Å². The number of hydrogen-bond acceptors (Lipinski definition) is 4. The van der Waals surface area contributed by atoms with Crippen LogP contribution < -0.4 is 10.5 Å². The van der Waals surface area contributed by atoms with Crippen LogP contribution in [-0.2, 0) is 11.3 Å². The van der Waals surface area contributed by atoms with E-state index >= 15 is 0 Å². The van der Waals surface area contributed by atoms with E-state index in [9.17, 15) is 9.59 Å². The number of ether oxygens (including phenoxy) is 1. The van der Waals surface area contributed by atoms with Crippen molar-refractivity contribution in [1.82, 2.24) is 14.7 Å². The molecule has 25 heavy (non-hydrogen) atoms. The Morgan fingerprint density at radius 1 is 1.28 bits per heavy atom. The van der Waals surface area contributed by atoms with Crippen LogP contribution in [0.2, 0.25) is 0 Å². The van der Waals surface area contributed by atoms with Gasteiger partial charge in [0, 0.05) is 24.5 Å². The van der Waals surface area contributed by atoms with E-state index < -0.39 is 5.91 Å². The summed E-state index contributed by atoms with van der Waals surface area (Å²) in [5.41, 5.74) is 5.62. The van der Waals surface area contributed by atoms with Crippen molar-refractivity contribution in [3.05, 3.63) is 48.3 Å². The Morgan fingerprint density at radius 3 is 2.92 bits per heavy atom. The minimum Gasteiger partial charge on any atom is -0.484 e. The second-order valence-electron chi connectivity index (χ2n) is 6.15. The predicted octanol–water partition coefficient (Wildman–Crippen LogP) is 1.44. The molecule has 2 N–H and O–H groups in total. The molecule has 1 fully saturated rings. The average Bonchev–Trinajstić information content (AvgIpc) is 3.13. The molecular formula is C18H22N4O3. The van der Waals surface area contributed by atoms with Gasteiger partial charge in [0.15, 0.2) is 6.61 Å². The average molecular weight is 342 g/mol. The number of primary amides is 1. The van der Waals surface area contributed by atoms with Crippen molar-refractivity contribution in [3.8, 4) is 5.75 Å². The number of carbonyl (C=O) groups is 2. The van der Waals surface area contributed by atoms with Gasteiger partial charge in [0.25, 0.3) is 5.91 Å². The molecule has 1 saturated heterocycles. The lowest BCUT2D eigenvalue weighted by atomic mass is 10.0. The van der Waals surface area contributed by atoms with E-state index in [1.807, 2.05) is 21.8 Å². The normalized spacial score (nSPS) is 17.3. The third kappa shape index (κ3) is 4.37. The van der Waals surface area contributed by atoms with Crippen LogP contribution in [0.1, 0.15) is 29.6 Å². The summed E-state index contributed by atoms with van der Waals surface area (Å²) in [7, 11) is 0. The summed E-state index contributed by atoms with van der Waals surface area (Å²) >= 11 is 0. The fraction of sp³-hybridized carbons (Fsp3) is 0.389. The molecule has 0 spiro atoms. The summed E-state index contributed by atoms with van der Waals surface area (Å²) in [6.07, 6.45) is 6.71. The third-order valence-corrected chi connectivity index (χ3v) is 4.39. The number of nitrogens with two attached hydrogens (primary N) is 1. The molecule has 3 rings (SSSR count). The molecule has 7 heteroatoms. The van der Waals surface area contributed by atoms with Gasteiger partial charge in [0.05, 0.1) is 12.6 Å². The Labute approximate surface area is 146 Å². The van der Waals surface area contributed by atoms with Gasteiger partial charge in [-0.1, -0.05) is 6.07 Å². The van der Waals surface area contributed by atoms with E-state index in [1.54, 1.807) is 30.5 Å². The SMILES string of the molecule is NC(=O)c1cccc(OCC(=O)N2CCCC[C@@H]2Cn2cccn2)c1. The first-order valence-corrected chi connectivity index (χ1v) is 8.43. The van der Waals surface area contributed by atoms with Gasteiger partial charge < -0.3 is 15.4 Å². The summed E-state index contributed by atoms with van der Waals surface area (Å²) in [6.45, 7) is 1.36. The molecule has 1 aromatic carbocycles. The highest BCUT2D eigenvalue weighted by atomic mass is 16.5. The highest BCUT2D eigenvalue weighted by Gasteiger charge is 2.27. The van der Waals surface area contributed by atoms with Crippen molar-refractivity contribution in [2.24, 2.45) is 5.73 Å². The summed E-state index contributed by atoms with van der Waals surface area (Å²) in [5, 5.41) is 4.23. The maximum absolute atomic E-state index is 12.6. The highest BCUT2D eigenvalue weighted by Crippen LogP contribution is 2.19. The molecule has 132 valence electrons. The Kier molecular flexibility index (Phi) is 5.33. The number of amides is 2. The highest BCUT2D eigenvalue weighted by molar-refractivity contribution is 5.93. The Hall–Kier alpha value is -2.83. The first kappa shape index (κ1) is 17.0. The number of nitrogens with zero attached hydrogens (tertiary/aromatic N) is 3. The van der Waals surface area contributed by atoms with Crippen molar-refractivity contribution >= 4 is 11.8 Å². The number of piperidine rings is 1. The Morgan fingerprint density at radius 2 is 2.16 bits per heavy atom. The maximum atomic E-state index is 12.6. The zero-order valence-corrected chi connectivity index (χ0v) is 14.0. The van der Waals surface area contributed by atoms with Gasteiger partial charge in [-0.3, -0.25) is 14.3 Å². The van der Waals surface area contributed by atoms with Crippen molar-refractivity contribution in [3.63, 3.8) is 0 Å². The molecular weight excluding hydrogens is 320 g/mol. The van der Waals surface area contributed by atoms with Crippen LogP contribution in [0.4, 0.5) is 0 Å². The van der Waals surface area contributed by atoms with E-state index in [-0.39, 0.29) is 18.6 Å². The van der Waals surface area contributed by atoms with Gasteiger partial charge >= 0.3 is 0 Å². The second kappa shape index (κ2) is 7.83. The zero-order valence-electron chi connectivity index (χ0n) is 14.0.